The topological polar surface area (TPSA) is 41.6 Å². The molecular weight excluding hydrogens is 319 g/mol. The second-order valence-corrected chi connectivity index (χ2v) is 7.21. The zero-order chi connectivity index (χ0) is 17.5. The molecule has 4 nitrogen and oxygen atoms in total. The highest BCUT2D eigenvalue weighted by atomic mass is 19.1. The highest BCUT2D eigenvalue weighted by Gasteiger charge is 2.16. The molecular formula is C20H29FN2O2. The third-order valence-electron chi connectivity index (χ3n) is 5.32. The normalized spacial score (nSPS) is 19.0. The first kappa shape index (κ1) is 18.2. The maximum atomic E-state index is 14.3. The minimum atomic E-state index is -0.290. The lowest BCUT2D eigenvalue weighted by molar-refractivity contribution is -0.116. The molecule has 5 heteroatoms. The number of benzene rings is 1. The third-order valence-corrected chi connectivity index (χ3v) is 5.32. The van der Waals surface area contributed by atoms with Crippen LogP contribution in [0.3, 0.4) is 0 Å². The van der Waals surface area contributed by atoms with E-state index in [1.807, 2.05) is 4.90 Å². The number of amides is 1. The van der Waals surface area contributed by atoms with Crippen molar-refractivity contribution in [2.45, 2.75) is 51.4 Å². The summed E-state index contributed by atoms with van der Waals surface area (Å²) < 4.78 is 19.6. The molecule has 0 atom stereocenters. The molecule has 0 bridgehead atoms. The largest absolute Gasteiger partial charge is 0.378 e. The Kier molecular flexibility index (Phi) is 6.68. The quantitative estimate of drug-likeness (QED) is 0.831. The van der Waals surface area contributed by atoms with Gasteiger partial charge in [-0.25, -0.2) is 4.39 Å². The van der Waals surface area contributed by atoms with Crippen molar-refractivity contribution in [2.75, 3.05) is 36.5 Å². The number of ether oxygens (including phenoxy) is 1. The number of hydrogen-bond acceptors (Lipinski definition) is 3. The first-order valence-corrected chi connectivity index (χ1v) is 9.64. The number of anilines is 2. The van der Waals surface area contributed by atoms with Crippen LogP contribution in [0.1, 0.15) is 51.4 Å². The summed E-state index contributed by atoms with van der Waals surface area (Å²) in [6.45, 7) is 2.64. The maximum Gasteiger partial charge on any atom is 0.224 e. The smallest absolute Gasteiger partial charge is 0.224 e. The SMILES string of the molecule is O=C(CCCC1CCCCC1)Nc1ccc(N2CCOCC2)c(F)c1. The average molecular weight is 348 g/mol. The van der Waals surface area contributed by atoms with Crippen molar-refractivity contribution in [3.05, 3.63) is 24.0 Å². The van der Waals surface area contributed by atoms with Crippen LogP contribution in [-0.2, 0) is 9.53 Å². The molecule has 0 unspecified atom stereocenters. The van der Waals surface area contributed by atoms with E-state index in [9.17, 15) is 9.18 Å². The highest BCUT2D eigenvalue weighted by molar-refractivity contribution is 5.90. The Morgan fingerprint density at radius 1 is 1.20 bits per heavy atom. The number of carbonyl (C=O) groups is 1. The number of halogens is 1. The molecule has 1 aliphatic heterocycles. The molecule has 1 saturated heterocycles. The number of nitrogens with one attached hydrogen (secondary N) is 1. The van der Waals surface area contributed by atoms with Crippen LogP contribution in [-0.4, -0.2) is 32.2 Å². The van der Waals surface area contributed by atoms with E-state index in [0.29, 0.717) is 44.1 Å². The second kappa shape index (κ2) is 9.18. The van der Waals surface area contributed by atoms with Gasteiger partial charge in [0.1, 0.15) is 5.82 Å². The summed E-state index contributed by atoms with van der Waals surface area (Å²) in [4.78, 5) is 14.1. The van der Waals surface area contributed by atoms with Crippen LogP contribution < -0.4 is 10.2 Å². The number of hydrogen-bond donors (Lipinski definition) is 1. The van der Waals surface area contributed by atoms with E-state index in [2.05, 4.69) is 5.32 Å². The summed E-state index contributed by atoms with van der Waals surface area (Å²) in [5.41, 5.74) is 1.12. The van der Waals surface area contributed by atoms with Crippen molar-refractivity contribution < 1.29 is 13.9 Å². The van der Waals surface area contributed by atoms with Gasteiger partial charge in [-0.15, -0.1) is 0 Å². The lowest BCUT2D eigenvalue weighted by atomic mass is 9.86. The molecule has 1 N–H and O–H groups in total. The molecule has 3 rings (SSSR count). The lowest BCUT2D eigenvalue weighted by Crippen LogP contribution is -2.36. The van der Waals surface area contributed by atoms with Crippen molar-refractivity contribution in [1.29, 1.82) is 0 Å². The molecule has 0 spiro atoms. The predicted octanol–water partition coefficient (Wildman–Crippen LogP) is 4.35. The minimum Gasteiger partial charge on any atom is -0.378 e. The van der Waals surface area contributed by atoms with Crippen LogP contribution in [0, 0.1) is 11.7 Å². The molecule has 25 heavy (non-hydrogen) atoms. The summed E-state index contributed by atoms with van der Waals surface area (Å²) >= 11 is 0. The summed E-state index contributed by atoms with van der Waals surface area (Å²) in [6, 6.07) is 4.95. The third kappa shape index (κ3) is 5.43. The van der Waals surface area contributed by atoms with Gasteiger partial charge in [-0.05, 0) is 37.0 Å². The van der Waals surface area contributed by atoms with Gasteiger partial charge in [-0.2, -0.15) is 0 Å². The van der Waals surface area contributed by atoms with E-state index >= 15 is 0 Å². The average Bonchev–Trinajstić information content (AvgIpc) is 2.63. The van der Waals surface area contributed by atoms with Gasteiger partial charge in [0.25, 0.3) is 0 Å². The molecule has 1 aromatic rings. The number of morpholine rings is 1. The van der Waals surface area contributed by atoms with Gasteiger partial charge in [-0.1, -0.05) is 32.1 Å². The summed E-state index contributed by atoms with van der Waals surface area (Å²) in [7, 11) is 0. The molecule has 1 aliphatic carbocycles. The number of carbonyl (C=O) groups excluding carboxylic acids is 1. The molecule has 1 saturated carbocycles. The fourth-order valence-electron chi connectivity index (χ4n) is 3.90. The molecule has 2 aliphatic rings. The molecule has 0 radical (unpaired) electrons. The van der Waals surface area contributed by atoms with E-state index < -0.39 is 0 Å². The fraction of sp³-hybridized carbons (Fsp3) is 0.650. The summed E-state index contributed by atoms with van der Waals surface area (Å²) in [5, 5.41) is 2.83. The monoisotopic (exact) mass is 348 g/mol. The van der Waals surface area contributed by atoms with E-state index in [1.54, 1.807) is 12.1 Å². The Morgan fingerprint density at radius 2 is 1.96 bits per heavy atom. The summed E-state index contributed by atoms with van der Waals surface area (Å²) in [6.07, 6.45) is 9.25. The van der Waals surface area contributed by atoms with Crippen LogP contribution in [0.5, 0.6) is 0 Å². The van der Waals surface area contributed by atoms with Gasteiger partial charge in [0.05, 0.1) is 18.9 Å². The van der Waals surface area contributed by atoms with Crippen LogP contribution in [0.4, 0.5) is 15.8 Å². The van der Waals surface area contributed by atoms with Gasteiger partial charge in [0, 0.05) is 25.2 Å². The molecule has 0 aromatic heterocycles. The van der Waals surface area contributed by atoms with Crippen molar-refractivity contribution in [3.63, 3.8) is 0 Å². The number of rotatable bonds is 6. The maximum absolute atomic E-state index is 14.3. The molecule has 1 aromatic carbocycles. The van der Waals surface area contributed by atoms with Crippen molar-refractivity contribution in [3.8, 4) is 0 Å². The first-order chi connectivity index (χ1) is 12.2. The minimum absolute atomic E-state index is 0.0191. The lowest BCUT2D eigenvalue weighted by Gasteiger charge is -2.29. The standard InChI is InChI=1S/C20H29FN2O2/c21-18-15-17(9-10-19(18)23-11-13-25-14-12-23)22-20(24)8-4-7-16-5-2-1-3-6-16/h9-10,15-16H,1-8,11-14H2,(H,22,24). The van der Waals surface area contributed by atoms with Gasteiger partial charge in [-0.3, -0.25) is 4.79 Å². The van der Waals surface area contributed by atoms with Crippen molar-refractivity contribution in [2.24, 2.45) is 5.92 Å². The van der Waals surface area contributed by atoms with Gasteiger partial charge >= 0.3 is 0 Å². The molecule has 1 heterocycles. The zero-order valence-electron chi connectivity index (χ0n) is 14.9. The Morgan fingerprint density at radius 3 is 2.68 bits per heavy atom. The van der Waals surface area contributed by atoms with Crippen molar-refractivity contribution >= 4 is 17.3 Å². The van der Waals surface area contributed by atoms with Crippen molar-refractivity contribution in [1.82, 2.24) is 0 Å². The Hall–Kier alpha value is -1.62. The summed E-state index contributed by atoms with van der Waals surface area (Å²) in [5.74, 6) is 0.489. The van der Waals surface area contributed by atoms with E-state index in [0.717, 1.165) is 18.8 Å². The highest BCUT2D eigenvalue weighted by Crippen LogP contribution is 2.28. The van der Waals surface area contributed by atoms with E-state index in [4.69, 9.17) is 4.74 Å². The van der Waals surface area contributed by atoms with Crippen LogP contribution in [0.2, 0.25) is 0 Å². The second-order valence-electron chi connectivity index (χ2n) is 7.21. The Labute approximate surface area is 149 Å². The molecule has 1 amide bonds. The molecule has 138 valence electrons. The predicted molar refractivity (Wildman–Crippen MR) is 98.5 cm³/mol. The van der Waals surface area contributed by atoms with Gasteiger partial charge in [0.2, 0.25) is 5.91 Å². The Bertz CT molecular complexity index is 567. The fourth-order valence-corrected chi connectivity index (χ4v) is 3.90. The van der Waals surface area contributed by atoms with E-state index in [1.165, 1.54) is 38.2 Å². The zero-order valence-corrected chi connectivity index (χ0v) is 14.9. The Balaban J connectivity index is 1.45. The first-order valence-electron chi connectivity index (χ1n) is 9.64. The van der Waals surface area contributed by atoms with Crippen LogP contribution >= 0.6 is 0 Å². The van der Waals surface area contributed by atoms with Crippen LogP contribution in [0.25, 0.3) is 0 Å². The van der Waals surface area contributed by atoms with Gasteiger partial charge < -0.3 is 15.0 Å². The van der Waals surface area contributed by atoms with Crippen LogP contribution in [0.15, 0.2) is 18.2 Å². The molecule has 2 fully saturated rings. The van der Waals surface area contributed by atoms with Gasteiger partial charge in [0.15, 0.2) is 0 Å². The van der Waals surface area contributed by atoms with E-state index in [-0.39, 0.29) is 11.7 Å². The number of nitrogens with zero attached hydrogens (tertiary/aromatic N) is 1.